The first kappa shape index (κ1) is 91.9. The second kappa shape index (κ2) is 42.0. The molecule has 0 aliphatic rings. The summed E-state index contributed by atoms with van der Waals surface area (Å²) in [6.07, 6.45) is 7.98. The molecule has 0 amide bonds. The average Bonchev–Trinajstić information content (AvgIpc) is 0.774. The van der Waals surface area contributed by atoms with Gasteiger partial charge in [0.1, 0.15) is 17.5 Å². The number of fused-ring (bicyclic) bond motifs is 3. The van der Waals surface area contributed by atoms with Gasteiger partial charge in [-0.2, -0.15) is 15.0 Å². The van der Waals surface area contributed by atoms with Crippen LogP contribution in [0.3, 0.4) is 0 Å². The molecule has 37 heteroatoms. The molecule has 30 nitrogen and oxygen atoms in total. The summed E-state index contributed by atoms with van der Waals surface area (Å²) < 4.78 is 24.7. The highest BCUT2D eigenvalue weighted by Crippen LogP contribution is 2.38. The number of rotatable bonds is 22. The molecule has 6 aromatic carbocycles. The Morgan fingerprint density at radius 3 is 1.23 bits per heavy atom. The van der Waals surface area contributed by atoms with Gasteiger partial charge in [0.25, 0.3) is 32.3 Å². The second-order valence-electron chi connectivity index (χ2n) is 28.5. The zero-order chi connectivity index (χ0) is 91.0. The lowest BCUT2D eigenvalue weighted by molar-refractivity contribution is 0.337. The van der Waals surface area contributed by atoms with E-state index in [1.165, 1.54) is 56.2 Å². The predicted octanol–water partition coefficient (Wildman–Crippen LogP) is 16.0. The van der Waals surface area contributed by atoms with Gasteiger partial charge >= 0.3 is 7.12 Å². The number of hydrogen-bond donors (Lipinski definition) is 8. The molecule has 17 aromatic rings. The third-order valence-electron chi connectivity index (χ3n) is 19.7. The number of nitrogen functional groups attached to an aromatic ring is 3. The van der Waals surface area contributed by atoms with Gasteiger partial charge < -0.3 is 66.5 Å². The summed E-state index contributed by atoms with van der Waals surface area (Å²) in [7, 11) is 1.73. The van der Waals surface area contributed by atoms with Gasteiger partial charge in [0.2, 0.25) is 29.0 Å². The molecule has 11 aromatic heterocycles. The zero-order valence-corrected chi connectivity index (χ0v) is 76.0. The Hall–Kier alpha value is -13.8. The van der Waals surface area contributed by atoms with E-state index in [0.717, 1.165) is 72.3 Å². The van der Waals surface area contributed by atoms with Crippen LogP contribution in [0, 0.1) is 6.92 Å². The van der Waals surface area contributed by atoms with Gasteiger partial charge in [-0.25, -0.2) is 29.9 Å². The molecule has 0 radical (unpaired) electrons. The van der Waals surface area contributed by atoms with Crippen LogP contribution in [0.2, 0.25) is 10.0 Å². The molecular formula is C91H86BBrCl2N20O10S3. The Kier molecular flexibility index (Phi) is 30.2. The van der Waals surface area contributed by atoms with Crippen molar-refractivity contribution in [3.05, 3.63) is 324 Å². The van der Waals surface area contributed by atoms with E-state index in [2.05, 4.69) is 76.7 Å². The number of benzene rings is 6. The van der Waals surface area contributed by atoms with Crippen LogP contribution in [0.4, 0.5) is 35.3 Å². The number of thiazole rings is 3. The van der Waals surface area contributed by atoms with Gasteiger partial charge in [0.15, 0.2) is 0 Å². The fourth-order valence-corrected chi connectivity index (χ4v) is 16.7. The van der Waals surface area contributed by atoms with Gasteiger partial charge in [0.05, 0.1) is 96.8 Å². The Morgan fingerprint density at radius 2 is 0.820 bits per heavy atom. The molecule has 652 valence electrons. The first-order valence-electron chi connectivity index (χ1n) is 40.0. The lowest BCUT2D eigenvalue weighted by atomic mass is 9.82. The van der Waals surface area contributed by atoms with Crippen LogP contribution in [0.15, 0.2) is 264 Å². The molecule has 11 N–H and O–H groups in total. The number of para-hydroxylation sites is 3. The standard InChI is InChI=1S/C32H29N7O3S.C26H23ClN6O2S.C21H17BrClN5O.C6H8BNO3.C6H9NOS/c1-4-42-32-36-25(18-43-32)24-16-34-31(33)37-29(24)35-19(2)26-15-20-9-8-12-23(21-13-14-27(40)38(3)17-21)28(20)30(41)39(26)22-10-6-5-7-11-22;1-3-35-26-31-20(14-36-26)18-13-29-25(28)32-23(18)30-15(2)21-12-16-8-7-11-19(27)22(16)24(34)33(21)17-9-5-4-6-10-17;1-12(26-19-15(22)11-25-21(24)27-19)17-10-13-6-5-9-16(23)18(13)20(29)28(17)14-7-3-2-4-8-14;1-8-4-5(7(10)11)2-3-6(8)9;1-3-8-6-7-5(2)4-9-6/h5-19H,4H2,1-3H3,(H3,33,34,35,37);4-15H,3H2,1-2H3,(H3,28,29,30,32);2-12H,1H3,(H3,24,25,26,27);2-4,10-11H,1H3;4H,3H2,1-2H3/t19-;15-;12-;;/m000../s1. The zero-order valence-electron chi connectivity index (χ0n) is 70.5. The summed E-state index contributed by atoms with van der Waals surface area (Å²) in [4.78, 5) is 103. The summed E-state index contributed by atoms with van der Waals surface area (Å²) in [5, 5.41) is 39.8. The van der Waals surface area contributed by atoms with Gasteiger partial charge in [-0.1, -0.05) is 160 Å². The normalized spacial score (nSPS) is 11.6. The molecule has 17 rings (SSSR count). The van der Waals surface area contributed by atoms with E-state index in [1.54, 1.807) is 82.1 Å². The highest BCUT2D eigenvalue weighted by Gasteiger charge is 2.26. The molecule has 128 heavy (non-hydrogen) atoms. The van der Waals surface area contributed by atoms with E-state index in [-0.39, 0.29) is 57.7 Å². The van der Waals surface area contributed by atoms with Crippen LogP contribution in [0.25, 0.3) is 83.0 Å². The summed E-state index contributed by atoms with van der Waals surface area (Å²) in [6, 6.07) is 55.9. The van der Waals surface area contributed by atoms with Crippen molar-refractivity contribution in [1.29, 1.82) is 0 Å². The maximum absolute atomic E-state index is 14.5. The van der Waals surface area contributed by atoms with Gasteiger partial charge in [-0.15, -0.1) is 0 Å². The third-order valence-corrected chi connectivity index (χ3v) is 23.2. The van der Waals surface area contributed by atoms with E-state index >= 15 is 0 Å². The molecular weight excluding hydrogens is 1790 g/mol. The summed E-state index contributed by atoms with van der Waals surface area (Å²) in [6.45, 7) is 15.3. The minimum Gasteiger partial charge on any atom is -0.470 e. The second-order valence-corrected chi connectivity index (χ2v) is 32.7. The monoisotopic (exact) mass is 1870 g/mol. The van der Waals surface area contributed by atoms with E-state index < -0.39 is 13.2 Å². The molecule has 0 aliphatic heterocycles. The minimum absolute atomic E-state index is 0.111. The SMILES string of the molecule is CCOc1nc(-c2cnc(N)nc2N[C@@H](C)c2cc3cccc(-c4ccc(=O)n(C)c4)c3c(=O)n2-c2ccccc2)cs1.CCOc1nc(-c2cnc(N)nc2N[C@@H](C)c2cc3cccc(Cl)c3c(=O)n2-c2ccccc2)cs1.CCOc1nc(C)cs1.C[C@H](Nc1nc(N)ncc1Br)c1cc2cccc(Cl)c2c(=O)n1-c1ccccc1.Cn1cc(B(O)O)ccc1=O. The van der Waals surface area contributed by atoms with Crippen molar-refractivity contribution in [3.63, 3.8) is 0 Å². The summed E-state index contributed by atoms with van der Waals surface area (Å²) in [5.74, 6) is 1.93. The van der Waals surface area contributed by atoms with Gasteiger partial charge in [0, 0.05) is 107 Å². The molecule has 0 saturated heterocycles. The van der Waals surface area contributed by atoms with Crippen molar-refractivity contribution in [2.75, 3.05) is 53.0 Å². The number of pyridine rings is 5. The van der Waals surface area contributed by atoms with E-state index in [0.29, 0.717) is 106 Å². The average molecular weight is 1880 g/mol. The molecule has 11 heterocycles. The summed E-state index contributed by atoms with van der Waals surface area (Å²) in [5.41, 5.74) is 26.8. The summed E-state index contributed by atoms with van der Waals surface area (Å²) >= 11 is 20.5. The molecule has 0 fully saturated rings. The molecule has 0 aliphatic carbocycles. The van der Waals surface area contributed by atoms with E-state index in [4.69, 9.17) is 64.7 Å². The number of nitrogens with one attached hydrogen (secondary N) is 3. The third kappa shape index (κ3) is 21.7. The van der Waals surface area contributed by atoms with Crippen LogP contribution >= 0.6 is 73.1 Å². The number of nitrogens with two attached hydrogens (primary N) is 3. The largest absolute Gasteiger partial charge is 0.489 e. The smallest absolute Gasteiger partial charge is 0.470 e. The molecule has 0 unspecified atom stereocenters. The number of aromatic nitrogens is 14. The van der Waals surface area contributed by atoms with E-state index in [1.807, 2.05) is 216 Å². The van der Waals surface area contributed by atoms with Crippen LogP contribution in [-0.2, 0) is 14.1 Å². The first-order chi connectivity index (χ1) is 61.7. The Bertz CT molecular complexity index is 7150. The van der Waals surface area contributed by atoms with Crippen molar-refractivity contribution in [2.45, 2.75) is 66.6 Å². The maximum atomic E-state index is 14.5. The van der Waals surface area contributed by atoms with Crippen LogP contribution in [0.1, 0.15) is 82.4 Å². The van der Waals surface area contributed by atoms with Crippen molar-refractivity contribution in [2.24, 2.45) is 14.1 Å². The number of anilines is 6. The van der Waals surface area contributed by atoms with Crippen molar-refractivity contribution < 1.29 is 24.3 Å². The number of hydrogen-bond acceptors (Lipinski definition) is 28. The number of nitrogens with zero attached hydrogens (tertiary/aromatic N) is 14. The van der Waals surface area contributed by atoms with Crippen LogP contribution < -0.4 is 80.6 Å². The number of halogens is 3. The minimum atomic E-state index is -1.51. The van der Waals surface area contributed by atoms with E-state index in [9.17, 15) is 24.0 Å². The quantitative estimate of drug-likeness (QED) is 0.0292. The lowest BCUT2D eigenvalue weighted by Crippen LogP contribution is -2.33. The topological polar surface area (TPSA) is 408 Å². The Balaban J connectivity index is 0.000000149. The fraction of sp³-hybridized carbons (Fsp3) is 0.165. The molecule has 0 bridgehead atoms. The molecule has 3 atom stereocenters. The fourth-order valence-electron chi connectivity index (χ4n) is 13.7. The number of aryl methyl sites for hydroxylation is 3. The maximum Gasteiger partial charge on any atom is 0.489 e. The first-order valence-corrected chi connectivity index (χ1v) is 44.2. The molecule has 0 spiro atoms. The Labute approximate surface area is 764 Å². The predicted molar refractivity (Wildman–Crippen MR) is 517 cm³/mol. The highest BCUT2D eigenvalue weighted by atomic mass is 79.9. The van der Waals surface area contributed by atoms with Crippen molar-refractivity contribution >= 4 is 153 Å². The Morgan fingerprint density at radius 1 is 0.445 bits per heavy atom. The van der Waals surface area contributed by atoms with Crippen molar-refractivity contribution in [3.8, 4) is 66.3 Å². The number of ether oxygens (including phenoxy) is 3. The van der Waals surface area contributed by atoms with Crippen LogP contribution in [-0.4, -0.2) is 105 Å². The van der Waals surface area contributed by atoms with Crippen molar-refractivity contribution in [1.82, 2.24) is 67.7 Å². The van der Waals surface area contributed by atoms with Gasteiger partial charge in [-0.05, 0) is 170 Å². The lowest BCUT2D eigenvalue weighted by Gasteiger charge is -2.23. The van der Waals surface area contributed by atoms with Gasteiger partial charge in [-0.3, -0.25) is 37.7 Å². The highest BCUT2D eigenvalue weighted by molar-refractivity contribution is 9.10. The van der Waals surface area contributed by atoms with Crippen LogP contribution in [0.5, 0.6) is 15.6 Å². The molecule has 0 saturated carbocycles.